The van der Waals surface area contributed by atoms with Crippen LogP contribution in [0, 0.1) is 0 Å². The summed E-state index contributed by atoms with van der Waals surface area (Å²) in [6, 6.07) is 6.57. The van der Waals surface area contributed by atoms with Crippen LogP contribution in [0.3, 0.4) is 0 Å². The van der Waals surface area contributed by atoms with Gasteiger partial charge in [0.2, 0.25) is 0 Å². The Hall–Kier alpha value is -2.08. The average molecular weight is 240 g/mol. The Morgan fingerprint density at radius 2 is 1.65 bits per heavy atom. The van der Waals surface area contributed by atoms with Gasteiger partial charge in [-0.25, -0.2) is 4.79 Å². The summed E-state index contributed by atoms with van der Waals surface area (Å²) in [5, 5.41) is 0. The molecular weight excluding hydrogens is 224 g/mol. The van der Waals surface area contributed by atoms with E-state index in [0.29, 0.717) is 11.3 Å². The summed E-state index contributed by atoms with van der Waals surface area (Å²) in [6.45, 7) is -0.0312. The van der Waals surface area contributed by atoms with Crippen molar-refractivity contribution in [2.45, 2.75) is 0 Å². The van der Waals surface area contributed by atoms with Crippen LogP contribution in [0.5, 0.6) is 0 Å². The summed E-state index contributed by atoms with van der Waals surface area (Å²) >= 11 is 0. The lowest BCUT2D eigenvalue weighted by Crippen LogP contribution is -2.14. The molecule has 0 radical (unpaired) electrons. The van der Waals surface area contributed by atoms with Crippen LogP contribution in [0.4, 0.5) is 5.69 Å². The van der Waals surface area contributed by atoms with Crippen molar-refractivity contribution in [3.63, 3.8) is 0 Å². The standard InChI is InChI=1S/C8H9NO2.C3H7NO2/c1-11-8(10)6-2-4-7(9)5-3-6;1-6-3(5)2-4/h2-5H,9H2,1H3;2,4H2,1H3. The van der Waals surface area contributed by atoms with Gasteiger partial charge in [0.1, 0.15) is 0 Å². The molecule has 0 atom stereocenters. The summed E-state index contributed by atoms with van der Waals surface area (Å²) in [5.41, 5.74) is 11.4. The van der Waals surface area contributed by atoms with E-state index in [1.165, 1.54) is 14.2 Å². The van der Waals surface area contributed by atoms with Gasteiger partial charge in [-0.3, -0.25) is 4.79 Å². The lowest BCUT2D eigenvalue weighted by atomic mass is 10.2. The zero-order valence-electron chi connectivity index (χ0n) is 9.80. The van der Waals surface area contributed by atoms with Gasteiger partial charge in [0.15, 0.2) is 0 Å². The first-order valence-electron chi connectivity index (χ1n) is 4.75. The fourth-order valence-electron chi connectivity index (χ4n) is 0.820. The number of methoxy groups -OCH3 is 2. The lowest BCUT2D eigenvalue weighted by Gasteiger charge is -1.97. The number of carbonyl (C=O) groups excluding carboxylic acids is 2. The molecule has 6 heteroatoms. The summed E-state index contributed by atoms with van der Waals surface area (Å²) in [7, 11) is 2.65. The van der Waals surface area contributed by atoms with E-state index in [1.54, 1.807) is 24.3 Å². The molecule has 0 saturated heterocycles. The molecular formula is C11H16N2O4. The van der Waals surface area contributed by atoms with E-state index in [-0.39, 0.29) is 18.5 Å². The number of rotatable bonds is 2. The molecule has 94 valence electrons. The van der Waals surface area contributed by atoms with Crippen molar-refractivity contribution in [1.82, 2.24) is 0 Å². The van der Waals surface area contributed by atoms with E-state index < -0.39 is 0 Å². The summed E-state index contributed by atoms with van der Waals surface area (Å²) < 4.78 is 8.63. The molecule has 0 aliphatic carbocycles. The van der Waals surface area contributed by atoms with Crippen molar-refractivity contribution in [3.05, 3.63) is 29.8 Å². The van der Waals surface area contributed by atoms with Crippen LogP contribution in [0.15, 0.2) is 24.3 Å². The van der Waals surface area contributed by atoms with Gasteiger partial charge in [-0.05, 0) is 24.3 Å². The third kappa shape index (κ3) is 6.16. The first-order chi connectivity index (χ1) is 8.04. The predicted octanol–water partition coefficient (Wildman–Crippen LogP) is 0.174. The molecule has 4 N–H and O–H groups in total. The van der Waals surface area contributed by atoms with Gasteiger partial charge in [0, 0.05) is 5.69 Å². The van der Waals surface area contributed by atoms with Crippen molar-refractivity contribution in [2.24, 2.45) is 5.73 Å². The fraction of sp³-hybridized carbons (Fsp3) is 0.273. The highest BCUT2D eigenvalue weighted by molar-refractivity contribution is 5.89. The number of nitrogen functional groups attached to an aromatic ring is 1. The maximum absolute atomic E-state index is 10.9. The van der Waals surface area contributed by atoms with Crippen molar-refractivity contribution < 1.29 is 19.1 Å². The molecule has 0 amide bonds. The highest BCUT2D eigenvalue weighted by Gasteiger charge is 2.02. The second-order valence-corrected chi connectivity index (χ2v) is 2.89. The average Bonchev–Trinajstić information content (AvgIpc) is 2.38. The first-order valence-corrected chi connectivity index (χ1v) is 4.75. The van der Waals surface area contributed by atoms with Crippen LogP contribution in [-0.2, 0) is 14.3 Å². The molecule has 0 unspecified atom stereocenters. The monoisotopic (exact) mass is 240 g/mol. The van der Waals surface area contributed by atoms with Crippen molar-refractivity contribution in [1.29, 1.82) is 0 Å². The number of ether oxygens (including phenoxy) is 2. The largest absolute Gasteiger partial charge is 0.468 e. The van der Waals surface area contributed by atoms with Crippen LogP contribution in [0.1, 0.15) is 10.4 Å². The first kappa shape index (κ1) is 14.9. The smallest absolute Gasteiger partial charge is 0.337 e. The quantitative estimate of drug-likeness (QED) is 0.564. The minimum Gasteiger partial charge on any atom is -0.468 e. The van der Waals surface area contributed by atoms with E-state index in [0.717, 1.165) is 0 Å². The molecule has 0 heterocycles. The number of hydrogen-bond acceptors (Lipinski definition) is 6. The Kier molecular flexibility index (Phi) is 7.12. The molecule has 1 aromatic rings. The van der Waals surface area contributed by atoms with Crippen LogP contribution < -0.4 is 11.5 Å². The van der Waals surface area contributed by atoms with E-state index in [2.05, 4.69) is 9.47 Å². The number of anilines is 1. The Balaban J connectivity index is 0.000000366. The maximum Gasteiger partial charge on any atom is 0.337 e. The second-order valence-electron chi connectivity index (χ2n) is 2.89. The lowest BCUT2D eigenvalue weighted by molar-refractivity contribution is -0.138. The SMILES string of the molecule is COC(=O)CN.COC(=O)c1ccc(N)cc1. The predicted molar refractivity (Wildman–Crippen MR) is 63.3 cm³/mol. The van der Waals surface area contributed by atoms with Gasteiger partial charge in [0.25, 0.3) is 0 Å². The Morgan fingerprint density at radius 3 is 1.94 bits per heavy atom. The Bertz CT molecular complexity index is 356. The summed E-state index contributed by atoms with van der Waals surface area (Å²) in [6.07, 6.45) is 0. The van der Waals surface area contributed by atoms with Crippen LogP contribution in [0.25, 0.3) is 0 Å². The molecule has 1 aromatic carbocycles. The number of benzene rings is 1. The zero-order chi connectivity index (χ0) is 13.3. The van der Waals surface area contributed by atoms with E-state index >= 15 is 0 Å². The molecule has 0 spiro atoms. The maximum atomic E-state index is 10.9. The minimum absolute atomic E-state index is 0.0312. The second kappa shape index (κ2) is 8.12. The number of hydrogen-bond donors (Lipinski definition) is 2. The number of nitrogens with two attached hydrogens (primary N) is 2. The van der Waals surface area contributed by atoms with Crippen molar-refractivity contribution in [2.75, 3.05) is 26.5 Å². The van der Waals surface area contributed by atoms with E-state index in [9.17, 15) is 9.59 Å². The van der Waals surface area contributed by atoms with Gasteiger partial charge in [0.05, 0.1) is 26.3 Å². The van der Waals surface area contributed by atoms with Gasteiger partial charge < -0.3 is 20.9 Å². The van der Waals surface area contributed by atoms with Gasteiger partial charge >= 0.3 is 11.9 Å². The van der Waals surface area contributed by atoms with E-state index in [4.69, 9.17) is 11.5 Å². The Morgan fingerprint density at radius 1 is 1.12 bits per heavy atom. The molecule has 0 aliphatic rings. The van der Waals surface area contributed by atoms with Crippen molar-refractivity contribution >= 4 is 17.6 Å². The molecule has 1 rings (SSSR count). The molecule has 0 fully saturated rings. The zero-order valence-corrected chi connectivity index (χ0v) is 9.80. The summed E-state index contributed by atoms with van der Waals surface area (Å²) in [4.78, 5) is 20.7. The van der Waals surface area contributed by atoms with Gasteiger partial charge in [-0.15, -0.1) is 0 Å². The molecule has 6 nitrogen and oxygen atoms in total. The molecule has 0 aliphatic heterocycles. The minimum atomic E-state index is -0.380. The highest BCUT2D eigenvalue weighted by Crippen LogP contribution is 2.05. The van der Waals surface area contributed by atoms with Gasteiger partial charge in [-0.1, -0.05) is 0 Å². The third-order valence-electron chi connectivity index (χ3n) is 1.73. The Labute approximate surface area is 99.5 Å². The van der Waals surface area contributed by atoms with Crippen LogP contribution in [-0.4, -0.2) is 32.7 Å². The van der Waals surface area contributed by atoms with E-state index in [1.807, 2.05) is 0 Å². The molecule has 0 saturated carbocycles. The van der Waals surface area contributed by atoms with Crippen molar-refractivity contribution in [3.8, 4) is 0 Å². The number of carbonyl (C=O) groups is 2. The summed E-state index contributed by atoms with van der Waals surface area (Å²) in [5.74, 6) is -0.722. The normalized spacial score (nSPS) is 8.65. The molecule has 0 aromatic heterocycles. The fourth-order valence-corrected chi connectivity index (χ4v) is 0.820. The van der Waals surface area contributed by atoms with Crippen LogP contribution in [0.2, 0.25) is 0 Å². The van der Waals surface area contributed by atoms with Gasteiger partial charge in [-0.2, -0.15) is 0 Å². The molecule has 17 heavy (non-hydrogen) atoms. The molecule has 0 bridgehead atoms. The number of esters is 2. The van der Waals surface area contributed by atoms with Crippen LogP contribution >= 0.6 is 0 Å². The topological polar surface area (TPSA) is 105 Å². The third-order valence-corrected chi connectivity index (χ3v) is 1.73. The highest BCUT2D eigenvalue weighted by atomic mass is 16.5.